The van der Waals surface area contributed by atoms with Crippen LogP contribution >= 0.6 is 23.2 Å². The standard InChI is InChI=1S/C17H17Cl2N/c18-12-14-11-15(19)8-9-17(14)20-10-4-3-6-13-5-1-2-7-16(13)20/h1-2,5,7-9,11H,3-4,6,10,12H2. The average Bonchev–Trinajstić information content (AvgIpc) is 2.69. The summed E-state index contributed by atoms with van der Waals surface area (Å²) in [6, 6.07) is 14.7. The summed E-state index contributed by atoms with van der Waals surface area (Å²) in [6.07, 6.45) is 3.58. The number of alkyl halides is 1. The van der Waals surface area contributed by atoms with E-state index in [4.69, 9.17) is 23.2 Å². The molecular formula is C17H17Cl2N. The molecule has 0 spiro atoms. The fourth-order valence-electron chi connectivity index (χ4n) is 2.87. The maximum atomic E-state index is 6.11. The van der Waals surface area contributed by atoms with Crippen molar-refractivity contribution in [3.8, 4) is 0 Å². The first-order valence-electron chi connectivity index (χ1n) is 6.99. The molecule has 0 radical (unpaired) electrons. The summed E-state index contributed by atoms with van der Waals surface area (Å²) in [5.74, 6) is 0.481. The lowest BCUT2D eigenvalue weighted by Gasteiger charge is -2.27. The average molecular weight is 306 g/mol. The van der Waals surface area contributed by atoms with Crippen LogP contribution in [0.25, 0.3) is 0 Å². The van der Waals surface area contributed by atoms with E-state index in [1.54, 1.807) is 0 Å². The van der Waals surface area contributed by atoms with Crippen LogP contribution in [0.4, 0.5) is 11.4 Å². The third-order valence-electron chi connectivity index (χ3n) is 3.84. The van der Waals surface area contributed by atoms with Crippen LogP contribution in [-0.2, 0) is 12.3 Å². The Kier molecular flexibility index (Phi) is 4.18. The normalized spacial score (nSPS) is 14.8. The molecule has 20 heavy (non-hydrogen) atoms. The van der Waals surface area contributed by atoms with Gasteiger partial charge in [0.25, 0.3) is 0 Å². The highest BCUT2D eigenvalue weighted by atomic mass is 35.5. The van der Waals surface area contributed by atoms with Gasteiger partial charge < -0.3 is 4.90 Å². The number of fused-ring (bicyclic) bond motifs is 1. The van der Waals surface area contributed by atoms with Gasteiger partial charge in [-0.2, -0.15) is 0 Å². The van der Waals surface area contributed by atoms with Crippen LogP contribution in [-0.4, -0.2) is 6.54 Å². The lowest BCUT2D eigenvalue weighted by atomic mass is 10.1. The molecule has 1 aliphatic rings. The SMILES string of the molecule is ClCc1cc(Cl)ccc1N1CCCCc2ccccc21. The van der Waals surface area contributed by atoms with Gasteiger partial charge in [-0.05, 0) is 54.7 Å². The first-order valence-corrected chi connectivity index (χ1v) is 7.90. The molecule has 2 aromatic carbocycles. The maximum absolute atomic E-state index is 6.11. The predicted octanol–water partition coefficient (Wildman–Crippen LogP) is 5.55. The van der Waals surface area contributed by atoms with Crippen LogP contribution in [0.2, 0.25) is 5.02 Å². The maximum Gasteiger partial charge on any atom is 0.0495 e. The number of aryl methyl sites for hydroxylation is 1. The van der Waals surface area contributed by atoms with E-state index in [-0.39, 0.29) is 0 Å². The van der Waals surface area contributed by atoms with Crippen LogP contribution in [0, 0.1) is 0 Å². The Hall–Kier alpha value is -1.18. The van der Waals surface area contributed by atoms with Crippen molar-refractivity contribution in [1.29, 1.82) is 0 Å². The Morgan fingerprint density at radius 1 is 1.00 bits per heavy atom. The van der Waals surface area contributed by atoms with Gasteiger partial charge in [-0.15, -0.1) is 11.6 Å². The Bertz CT molecular complexity index is 610. The Morgan fingerprint density at radius 3 is 2.70 bits per heavy atom. The molecule has 2 aromatic rings. The van der Waals surface area contributed by atoms with Crippen molar-refractivity contribution in [3.05, 3.63) is 58.6 Å². The number of nitrogens with zero attached hydrogens (tertiary/aromatic N) is 1. The van der Waals surface area contributed by atoms with E-state index in [1.165, 1.54) is 29.8 Å². The molecule has 0 unspecified atom stereocenters. The van der Waals surface area contributed by atoms with Gasteiger partial charge in [-0.3, -0.25) is 0 Å². The highest BCUT2D eigenvalue weighted by Crippen LogP contribution is 2.35. The summed E-state index contributed by atoms with van der Waals surface area (Å²) in [7, 11) is 0. The second-order valence-corrected chi connectivity index (χ2v) is 5.85. The van der Waals surface area contributed by atoms with Gasteiger partial charge in [0, 0.05) is 28.8 Å². The van der Waals surface area contributed by atoms with Gasteiger partial charge in [-0.1, -0.05) is 29.8 Å². The van der Waals surface area contributed by atoms with Crippen LogP contribution in [0.1, 0.15) is 24.0 Å². The van der Waals surface area contributed by atoms with E-state index in [0.29, 0.717) is 5.88 Å². The molecule has 0 atom stereocenters. The van der Waals surface area contributed by atoms with E-state index in [0.717, 1.165) is 23.6 Å². The van der Waals surface area contributed by atoms with Crippen LogP contribution in [0.15, 0.2) is 42.5 Å². The van der Waals surface area contributed by atoms with Crippen LogP contribution in [0.3, 0.4) is 0 Å². The van der Waals surface area contributed by atoms with Gasteiger partial charge in [0.05, 0.1) is 0 Å². The van der Waals surface area contributed by atoms with Crippen LogP contribution < -0.4 is 4.90 Å². The van der Waals surface area contributed by atoms with E-state index < -0.39 is 0 Å². The second kappa shape index (κ2) is 6.07. The minimum absolute atomic E-state index is 0.481. The number of halogens is 2. The summed E-state index contributed by atoms with van der Waals surface area (Å²) in [6.45, 7) is 1.03. The Labute approximate surface area is 130 Å². The molecule has 1 aliphatic heterocycles. The van der Waals surface area contributed by atoms with Gasteiger partial charge in [0.1, 0.15) is 0 Å². The Balaban J connectivity index is 2.10. The van der Waals surface area contributed by atoms with E-state index in [9.17, 15) is 0 Å². The molecule has 104 valence electrons. The molecular weight excluding hydrogens is 289 g/mol. The largest absolute Gasteiger partial charge is 0.341 e. The van der Waals surface area contributed by atoms with Crippen molar-refractivity contribution in [3.63, 3.8) is 0 Å². The van der Waals surface area contributed by atoms with Gasteiger partial charge in [-0.25, -0.2) is 0 Å². The van der Waals surface area contributed by atoms with Crippen molar-refractivity contribution >= 4 is 34.6 Å². The lowest BCUT2D eigenvalue weighted by Crippen LogP contribution is -2.19. The quantitative estimate of drug-likeness (QED) is 0.657. The number of rotatable bonds is 2. The molecule has 3 heteroatoms. The zero-order chi connectivity index (χ0) is 13.9. The number of hydrogen-bond donors (Lipinski definition) is 0. The topological polar surface area (TPSA) is 3.24 Å². The zero-order valence-electron chi connectivity index (χ0n) is 11.3. The molecule has 0 N–H and O–H groups in total. The second-order valence-electron chi connectivity index (χ2n) is 5.14. The predicted molar refractivity (Wildman–Crippen MR) is 87.4 cm³/mol. The van der Waals surface area contributed by atoms with Crippen LogP contribution in [0.5, 0.6) is 0 Å². The number of anilines is 2. The van der Waals surface area contributed by atoms with Gasteiger partial charge in [0.15, 0.2) is 0 Å². The molecule has 0 aromatic heterocycles. The first-order chi connectivity index (χ1) is 9.79. The van der Waals surface area contributed by atoms with Crippen molar-refractivity contribution in [1.82, 2.24) is 0 Å². The zero-order valence-corrected chi connectivity index (χ0v) is 12.8. The highest BCUT2D eigenvalue weighted by Gasteiger charge is 2.18. The summed E-state index contributed by atoms with van der Waals surface area (Å²) in [5, 5.41) is 0.743. The molecule has 3 rings (SSSR count). The lowest BCUT2D eigenvalue weighted by molar-refractivity contribution is 0.760. The smallest absolute Gasteiger partial charge is 0.0495 e. The molecule has 0 aliphatic carbocycles. The third kappa shape index (κ3) is 2.65. The molecule has 1 nitrogen and oxygen atoms in total. The number of hydrogen-bond acceptors (Lipinski definition) is 1. The highest BCUT2D eigenvalue weighted by molar-refractivity contribution is 6.30. The van der Waals surface area contributed by atoms with E-state index in [1.807, 2.05) is 12.1 Å². The number of benzene rings is 2. The van der Waals surface area contributed by atoms with Crippen molar-refractivity contribution in [2.75, 3.05) is 11.4 Å². The Morgan fingerprint density at radius 2 is 1.85 bits per heavy atom. The first kappa shape index (κ1) is 13.8. The minimum atomic E-state index is 0.481. The van der Waals surface area contributed by atoms with E-state index >= 15 is 0 Å². The number of para-hydroxylation sites is 1. The molecule has 1 heterocycles. The molecule has 0 amide bonds. The molecule has 0 fully saturated rings. The van der Waals surface area contributed by atoms with Crippen molar-refractivity contribution in [2.24, 2.45) is 0 Å². The van der Waals surface area contributed by atoms with Crippen molar-refractivity contribution in [2.45, 2.75) is 25.1 Å². The molecule has 0 saturated heterocycles. The van der Waals surface area contributed by atoms with Gasteiger partial charge >= 0.3 is 0 Å². The minimum Gasteiger partial charge on any atom is -0.341 e. The fourth-order valence-corrected chi connectivity index (χ4v) is 3.27. The van der Waals surface area contributed by atoms with Crippen molar-refractivity contribution < 1.29 is 0 Å². The molecule has 0 saturated carbocycles. The summed E-state index contributed by atoms with van der Waals surface area (Å²) in [5.41, 5.74) is 4.99. The summed E-state index contributed by atoms with van der Waals surface area (Å²) < 4.78 is 0. The molecule has 0 bridgehead atoms. The fraction of sp³-hybridized carbons (Fsp3) is 0.294. The summed E-state index contributed by atoms with van der Waals surface area (Å²) in [4.78, 5) is 2.39. The summed E-state index contributed by atoms with van der Waals surface area (Å²) >= 11 is 12.2. The van der Waals surface area contributed by atoms with E-state index in [2.05, 4.69) is 35.2 Å². The monoisotopic (exact) mass is 305 g/mol. The van der Waals surface area contributed by atoms with Gasteiger partial charge in [0.2, 0.25) is 0 Å². The third-order valence-corrected chi connectivity index (χ3v) is 4.36.